The van der Waals surface area contributed by atoms with Gasteiger partial charge in [0, 0.05) is 24.9 Å². The molecule has 1 amide bonds. The second kappa shape index (κ2) is 5.20. The fourth-order valence-corrected chi connectivity index (χ4v) is 2.05. The monoisotopic (exact) mass is 283 g/mol. The summed E-state index contributed by atoms with van der Waals surface area (Å²) in [6, 6.07) is 5.48. The molecule has 0 fully saturated rings. The normalized spacial score (nSPS) is 10.6. The van der Waals surface area contributed by atoms with Crippen molar-refractivity contribution in [2.45, 2.75) is 6.92 Å². The summed E-state index contributed by atoms with van der Waals surface area (Å²) in [4.78, 5) is 15.7. The van der Waals surface area contributed by atoms with Crippen LogP contribution in [0.15, 0.2) is 36.8 Å². The van der Waals surface area contributed by atoms with E-state index < -0.39 is 0 Å². The van der Waals surface area contributed by atoms with Gasteiger partial charge in [0.05, 0.1) is 24.7 Å². The summed E-state index contributed by atoms with van der Waals surface area (Å²) in [5.74, 6) is 0.952. The van der Waals surface area contributed by atoms with Crippen LogP contribution in [-0.4, -0.2) is 32.6 Å². The van der Waals surface area contributed by atoms with E-state index in [0.717, 1.165) is 11.3 Å². The van der Waals surface area contributed by atoms with Crippen molar-refractivity contribution in [2.24, 2.45) is 0 Å². The van der Waals surface area contributed by atoms with Crippen LogP contribution in [0.3, 0.4) is 0 Å². The van der Waals surface area contributed by atoms with E-state index in [2.05, 4.69) is 20.5 Å². The Balaban J connectivity index is 2.07. The number of carbonyl (C=O) groups is 1. The molecule has 3 rings (SSSR count). The van der Waals surface area contributed by atoms with E-state index in [1.54, 1.807) is 30.0 Å². The van der Waals surface area contributed by atoms with Crippen molar-refractivity contribution < 1.29 is 9.53 Å². The Bertz CT molecular complexity index is 779. The van der Waals surface area contributed by atoms with Gasteiger partial charge in [-0.25, -0.2) is 4.98 Å². The van der Waals surface area contributed by atoms with Crippen molar-refractivity contribution in [1.29, 1.82) is 0 Å². The van der Waals surface area contributed by atoms with Gasteiger partial charge in [-0.1, -0.05) is 0 Å². The SMILES string of the molecule is COc1ccc(-c2cn3ccnnc3n2)cc1NC(C)=O. The van der Waals surface area contributed by atoms with Gasteiger partial charge in [0.25, 0.3) is 5.78 Å². The van der Waals surface area contributed by atoms with Crippen LogP contribution in [0.25, 0.3) is 17.0 Å². The van der Waals surface area contributed by atoms with Gasteiger partial charge in [0.2, 0.25) is 5.91 Å². The summed E-state index contributed by atoms with van der Waals surface area (Å²) in [5, 5.41) is 10.5. The third-order valence-corrected chi connectivity index (χ3v) is 2.96. The highest BCUT2D eigenvalue weighted by Crippen LogP contribution is 2.30. The van der Waals surface area contributed by atoms with Gasteiger partial charge < -0.3 is 10.1 Å². The third-order valence-electron chi connectivity index (χ3n) is 2.96. The van der Waals surface area contributed by atoms with E-state index >= 15 is 0 Å². The van der Waals surface area contributed by atoms with Gasteiger partial charge in [0.1, 0.15) is 5.75 Å². The number of hydrogen-bond donors (Lipinski definition) is 1. The number of rotatable bonds is 3. The number of imidazole rings is 1. The molecule has 2 aromatic heterocycles. The number of nitrogens with one attached hydrogen (secondary N) is 1. The summed E-state index contributed by atoms with van der Waals surface area (Å²) in [5.41, 5.74) is 2.19. The molecule has 106 valence electrons. The first kappa shape index (κ1) is 13.0. The van der Waals surface area contributed by atoms with Gasteiger partial charge in [-0.05, 0) is 18.2 Å². The molecule has 0 radical (unpaired) electrons. The van der Waals surface area contributed by atoms with E-state index in [1.807, 2.05) is 18.3 Å². The molecule has 0 bridgehead atoms. The quantitative estimate of drug-likeness (QED) is 0.792. The zero-order valence-electron chi connectivity index (χ0n) is 11.6. The van der Waals surface area contributed by atoms with Gasteiger partial charge >= 0.3 is 0 Å². The third kappa shape index (κ3) is 2.53. The largest absolute Gasteiger partial charge is 0.495 e. The van der Waals surface area contributed by atoms with Crippen molar-refractivity contribution in [3.63, 3.8) is 0 Å². The molecule has 0 saturated carbocycles. The average molecular weight is 283 g/mol. The maximum atomic E-state index is 11.3. The Labute approximate surface area is 120 Å². The number of ether oxygens (including phenoxy) is 1. The van der Waals surface area contributed by atoms with Crippen LogP contribution in [-0.2, 0) is 4.79 Å². The van der Waals surface area contributed by atoms with Crippen molar-refractivity contribution >= 4 is 17.4 Å². The van der Waals surface area contributed by atoms with E-state index in [1.165, 1.54) is 6.92 Å². The van der Waals surface area contributed by atoms with Gasteiger partial charge in [-0.15, -0.1) is 5.10 Å². The number of amides is 1. The maximum absolute atomic E-state index is 11.3. The zero-order valence-corrected chi connectivity index (χ0v) is 11.6. The first-order chi connectivity index (χ1) is 10.2. The highest BCUT2D eigenvalue weighted by Gasteiger charge is 2.10. The highest BCUT2D eigenvalue weighted by molar-refractivity contribution is 5.91. The average Bonchev–Trinajstić information content (AvgIpc) is 2.90. The lowest BCUT2D eigenvalue weighted by Gasteiger charge is -2.10. The van der Waals surface area contributed by atoms with Crippen molar-refractivity contribution in [3.8, 4) is 17.0 Å². The molecule has 3 aromatic rings. The molecule has 0 saturated heterocycles. The number of hydrogen-bond acceptors (Lipinski definition) is 5. The molecule has 1 N–H and O–H groups in total. The number of carbonyl (C=O) groups excluding carboxylic acids is 1. The summed E-state index contributed by atoms with van der Waals surface area (Å²) < 4.78 is 7.02. The molecule has 0 aliphatic carbocycles. The molecule has 0 spiro atoms. The van der Waals surface area contributed by atoms with Crippen LogP contribution in [0.1, 0.15) is 6.92 Å². The molecule has 7 nitrogen and oxygen atoms in total. The minimum atomic E-state index is -0.161. The molecule has 0 aliphatic rings. The van der Waals surface area contributed by atoms with Gasteiger partial charge in [-0.2, -0.15) is 5.10 Å². The summed E-state index contributed by atoms with van der Waals surface area (Å²) in [7, 11) is 1.56. The number of nitrogens with zero attached hydrogens (tertiary/aromatic N) is 4. The van der Waals surface area contributed by atoms with Crippen LogP contribution < -0.4 is 10.1 Å². The number of anilines is 1. The van der Waals surface area contributed by atoms with Gasteiger partial charge in [0.15, 0.2) is 0 Å². The summed E-state index contributed by atoms with van der Waals surface area (Å²) >= 11 is 0. The van der Waals surface area contributed by atoms with Crippen LogP contribution in [0, 0.1) is 0 Å². The number of benzene rings is 1. The lowest BCUT2D eigenvalue weighted by atomic mass is 10.1. The topological polar surface area (TPSA) is 81.4 Å². The first-order valence-corrected chi connectivity index (χ1v) is 6.30. The van der Waals surface area contributed by atoms with Crippen LogP contribution in [0.2, 0.25) is 0 Å². The molecule has 0 aliphatic heterocycles. The summed E-state index contributed by atoms with van der Waals surface area (Å²) in [6.07, 6.45) is 5.22. The molecule has 0 atom stereocenters. The summed E-state index contributed by atoms with van der Waals surface area (Å²) in [6.45, 7) is 1.45. The number of aromatic nitrogens is 4. The fourth-order valence-electron chi connectivity index (χ4n) is 2.05. The number of fused-ring (bicyclic) bond motifs is 1. The Morgan fingerprint density at radius 1 is 1.38 bits per heavy atom. The predicted molar refractivity (Wildman–Crippen MR) is 77.1 cm³/mol. The number of methoxy groups -OCH3 is 1. The van der Waals surface area contributed by atoms with Crippen molar-refractivity contribution in [2.75, 3.05) is 12.4 Å². The molecule has 21 heavy (non-hydrogen) atoms. The molecule has 0 unspecified atom stereocenters. The van der Waals surface area contributed by atoms with Crippen molar-refractivity contribution in [3.05, 3.63) is 36.8 Å². The molecular weight excluding hydrogens is 270 g/mol. The van der Waals surface area contributed by atoms with E-state index in [0.29, 0.717) is 17.2 Å². The Kier molecular flexibility index (Phi) is 3.23. The smallest absolute Gasteiger partial charge is 0.254 e. The van der Waals surface area contributed by atoms with E-state index in [4.69, 9.17) is 4.74 Å². The van der Waals surface area contributed by atoms with Crippen LogP contribution in [0.4, 0.5) is 5.69 Å². The lowest BCUT2D eigenvalue weighted by Crippen LogP contribution is -2.07. The molecule has 7 heteroatoms. The van der Waals surface area contributed by atoms with Crippen LogP contribution in [0.5, 0.6) is 5.75 Å². The Morgan fingerprint density at radius 3 is 2.95 bits per heavy atom. The minimum Gasteiger partial charge on any atom is -0.495 e. The maximum Gasteiger partial charge on any atom is 0.254 e. The molecule has 2 heterocycles. The van der Waals surface area contributed by atoms with Crippen LogP contribution >= 0.6 is 0 Å². The molecule has 1 aromatic carbocycles. The standard InChI is InChI=1S/C14H13N5O2/c1-9(20)16-11-7-10(3-4-13(11)21-2)12-8-19-6-5-15-18-14(19)17-12/h3-8H,1-2H3,(H,16,20). The lowest BCUT2D eigenvalue weighted by molar-refractivity contribution is -0.114. The first-order valence-electron chi connectivity index (χ1n) is 6.30. The van der Waals surface area contributed by atoms with E-state index in [-0.39, 0.29) is 5.91 Å². The zero-order chi connectivity index (χ0) is 14.8. The fraction of sp³-hybridized carbons (Fsp3) is 0.143. The Hall–Kier alpha value is -2.96. The van der Waals surface area contributed by atoms with Gasteiger partial charge in [-0.3, -0.25) is 9.20 Å². The predicted octanol–water partition coefficient (Wildman–Crippen LogP) is 1.76. The second-order valence-electron chi connectivity index (χ2n) is 4.44. The highest BCUT2D eigenvalue weighted by atomic mass is 16.5. The second-order valence-corrected chi connectivity index (χ2v) is 4.44. The van der Waals surface area contributed by atoms with Crippen molar-refractivity contribution in [1.82, 2.24) is 19.6 Å². The molecular formula is C14H13N5O2. The minimum absolute atomic E-state index is 0.161. The van der Waals surface area contributed by atoms with E-state index in [9.17, 15) is 4.79 Å². The Morgan fingerprint density at radius 2 is 2.24 bits per heavy atom.